The van der Waals surface area contributed by atoms with Crippen molar-refractivity contribution < 1.29 is 0 Å². The summed E-state index contributed by atoms with van der Waals surface area (Å²) in [5.74, 6) is 2.96. The number of aryl methyl sites for hydroxylation is 3. The van der Waals surface area contributed by atoms with Gasteiger partial charge in [0.2, 0.25) is 0 Å². The van der Waals surface area contributed by atoms with Crippen molar-refractivity contribution in [2.24, 2.45) is 0 Å². The number of rotatable bonds is 2. The molecule has 0 amide bonds. The van der Waals surface area contributed by atoms with Gasteiger partial charge in [-0.15, -0.1) is 0 Å². The predicted molar refractivity (Wildman–Crippen MR) is 100 cm³/mol. The molecule has 130 valence electrons. The van der Waals surface area contributed by atoms with Gasteiger partial charge in [0.1, 0.15) is 17.5 Å². The van der Waals surface area contributed by atoms with Crippen LogP contribution in [0.1, 0.15) is 24.3 Å². The number of imidazole rings is 3. The van der Waals surface area contributed by atoms with Crippen LogP contribution < -0.4 is 0 Å². The second kappa shape index (κ2) is 9.87. The maximum Gasteiger partial charge on any atom is 0.137 e. The van der Waals surface area contributed by atoms with Crippen LogP contribution in [-0.4, -0.2) is 29.9 Å². The smallest absolute Gasteiger partial charge is 0.137 e. The van der Waals surface area contributed by atoms with Crippen molar-refractivity contribution in [3.63, 3.8) is 0 Å². The zero-order valence-corrected chi connectivity index (χ0v) is 14.8. The van der Waals surface area contributed by atoms with Crippen LogP contribution in [0.4, 0.5) is 0 Å². The highest BCUT2D eigenvalue weighted by molar-refractivity contribution is 5.53. The molecule has 3 aromatic heterocycles. The maximum atomic E-state index is 4.13. The van der Waals surface area contributed by atoms with Gasteiger partial charge in [0, 0.05) is 48.7 Å². The third-order valence-electron chi connectivity index (χ3n) is 3.27. The fraction of sp³-hybridized carbons (Fsp3) is 0.211. The van der Waals surface area contributed by atoms with Gasteiger partial charge >= 0.3 is 0 Å². The molecule has 6 heteroatoms. The molecule has 0 unspecified atom stereocenters. The predicted octanol–water partition coefficient (Wildman–Crippen LogP) is 4.08. The van der Waals surface area contributed by atoms with Gasteiger partial charge in [-0.3, -0.25) is 0 Å². The van der Waals surface area contributed by atoms with Crippen LogP contribution >= 0.6 is 0 Å². The first-order chi connectivity index (χ1) is 12.2. The lowest BCUT2D eigenvalue weighted by molar-refractivity contribution is 0.982. The molecule has 25 heavy (non-hydrogen) atoms. The van der Waals surface area contributed by atoms with Crippen LogP contribution in [0, 0.1) is 13.8 Å². The standard InChI is InChI=1S/C9H8N2.C6H10N2.C4H6N2/c1-2-4-8(5-3-1)9-10-6-7-11-9;1-3-6-7-4-5(2)8-6;1-4-5-2-3-6-4/h1-7H,(H,10,11);4H,3H2,1-2H3,(H,7,8);2-3H,1H3,(H,5,6). The van der Waals surface area contributed by atoms with Crippen molar-refractivity contribution in [1.82, 2.24) is 29.9 Å². The van der Waals surface area contributed by atoms with E-state index in [0.29, 0.717) is 0 Å². The number of nitrogens with one attached hydrogen (secondary N) is 3. The minimum Gasteiger partial charge on any atom is -0.349 e. The molecule has 0 atom stereocenters. The summed E-state index contributed by atoms with van der Waals surface area (Å²) in [6.07, 6.45) is 9.95. The average Bonchev–Trinajstić information content (AvgIpc) is 3.39. The number of aromatic amines is 3. The number of hydrogen-bond acceptors (Lipinski definition) is 3. The summed E-state index contributed by atoms with van der Waals surface area (Å²) in [7, 11) is 0. The molecule has 6 nitrogen and oxygen atoms in total. The number of hydrogen-bond donors (Lipinski definition) is 3. The molecule has 0 fully saturated rings. The van der Waals surface area contributed by atoms with Crippen molar-refractivity contribution in [3.8, 4) is 11.4 Å². The zero-order valence-electron chi connectivity index (χ0n) is 14.8. The molecule has 0 bridgehead atoms. The molecule has 0 aliphatic carbocycles. The second-order valence-corrected chi connectivity index (χ2v) is 5.34. The Bertz CT molecular complexity index is 801. The highest BCUT2D eigenvalue weighted by Crippen LogP contribution is 2.11. The Labute approximate surface area is 147 Å². The first kappa shape index (κ1) is 18.2. The summed E-state index contributed by atoms with van der Waals surface area (Å²) >= 11 is 0. The largest absolute Gasteiger partial charge is 0.349 e. The Morgan fingerprint density at radius 3 is 2.00 bits per heavy atom. The molecule has 1 aromatic carbocycles. The Morgan fingerprint density at radius 2 is 1.60 bits per heavy atom. The molecule has 3 N–H and O–H groups in total. The van der Waals surface area contributed by atoms with Gasteiger partial charge in [-0.25, -0.2) is 15.0 Å². The van der Waals surface area contributed by atoms with Gasteiger partial charge in [0.25, 0.3) is 0 Å². The molecular weight excluding hydrogens is 312 g/mol. The minimum atomic E-state index is 0.922. The summed E-state index contributed by atoms with van der Waals surface area (Å²) in [6, 6.07) is 10.0. The summed E-state index contributed by atoms with van der Waals surface area (Å²) in [5.41, 5.74) is 2.26. The van der Waals surface area contributed by atoms with E-state index in [1.807, 2.05) is 56.6 Å². The van der Waals surface area contributed by atoms with E-state index >= 15 is 0 Å². The monoisotopic (exact) mass is 336 g/mol. The molecule has 4 aromatic rings. The van der Waals surface area contributed by atoms with Crippen LogP contribution in [-0.2, 0) is 6.42 Å². The molecule has 4 rings (SSSR count). The Morgan fingerprint density at radius 1 is 0.880 bits per heavy atom. The van der Waals surface area contributed by atoms with Gasteiger partial charge in [0.05, 0.1) is 0 Å². The van der Waals surface area contributed by atoms with Crippen LogP contribution in [0.3, 0.4) is 0 Å². The van der Waals surface area contributed by atoms with Crippen LogP contribution in [0.5, 0.6) is 0 Å². The van der Waals surface area contributed by atoms with Crippen molar-refractivity contribution in [2.75, 3.05) is 0 Å². The lowest BCUT2D eigenvalue weighted by atomic mass is 10.2. The SMILES string of the molecule is CCc1ncc(C)[nH]1.Cc1ncc[nH]1.c1ccc(-c2ncc[nH]2)cc1. The molecule has 0 saturated carbocycles. The Balaban J connectivity index is 0.000000142. The van der Waals surface area contributed by atoms with Gasteiger partial charge in [-0.05, 0) is 13.8 Å². The van der Waals surface area contributed by atoms with Gasteiger partial charge < -0.3 is 15.0 Å². The highest BCUT2D eigenvalue weighted by atomic mass is 14.9. The molecule has 0 radical (unpaired) electrons. The Kier molecular flexibility index (Phi) is 7.18. The van der Waals surface area contributed by atoms with E-state index in [1.165, 1.54) is 0 Å². The second-order valence-electron chi connectivity index (χ2n) is 5.34. The van der Waals surface area contributed by atoms with Crippen molar-refractivity contribution in [3.05, 3.63) is 78.7 Å². The van der Waals surface area contributed by atoms with E-state index in [2.05, 4.69) is 36.8 Å². The third-order valence-corrected chi connectivity index (χ3v) is 3.27. The van der Waals surface area contributed by atoms with Crippen molar-refractivity contribution >= 4 is 0 Å². The number of H-pyrrole nitrogens is 3. The van der Waals surface area contributed by atoms with E-state index in [4.69, 9.17) is 0 Å². The first-order valence-electron chi connectivity index (χ1n) is 8.20. The maximum absolute atomic E-state index is 4.13. The summed E-state index contributed by atoms with van der Waals surface area (Å²) in [4.78, 5) is 21.1. The number of aromatic nitrogens is 6. The highest BCUT2D eigenvalue weighted by Gasteiger charge is 1.95. The summed E-state index contributed by atoms with van der Waals surface area (Å²) < 4.78 is 0. The summed E-state index contributed by atoms with van der Waals surface area (Å²) in [5, 5.41) is 0. The average molecular weight is 336 g/mol. The lowest BCUT2D eigenvalue weighted by Gasteiger charge is -1.92. The first-order valence-corrected chi connectivity index (χ1v) is 8.20. The molecule has 0 saturated heterocycles. The van der Waals surface area contributed by atoms with E-state index in [9.17, 15) is 0 Å². The number of benzene rings is 1. The molecule has 0 spiro atoms. The van der Waals surface area contributed by atoms with E-state index in [0.717, 1.165) is 35.2 Å². The van der Waals surface area contributed by atoms with Gasteiger partial charge in [-0.1, -0.05) is 37.3 Å². The number of nitrogens with zero attached hydrogens (tertiary/aromatic N) is 3. The van der Waals surface area contributed by atoms with Gasteiger partial charge in [-0.2, -0.15) is 0 Å². The molecule has 3 heterocycles. The fourth-order valence-corrected chi connectivity index (χ4v) is 2.01. The topological polar surface area (TPSA) is 86.0 Å². The van der Waals surface area contributed by atoms with Crippen LogP contribution in [0.15, 0.2) is 61.3 Å². The zero-order chi connectivity index (χ0) is 17.9. The molecule has 0 aliphatic heterocycles. The fourth-order valence-electron chi connectivity index (χ4n) is 2.01. The lowest BCUT2D eigenvalue weighted by Crippen LogP contribution is -1.80. The normalized spacial score (nSPS) is 9.56. The van der Waals surface area contributed by atoms with Crippen molar-refractivity contribution in [2.45, 2.75) is 27.2 Å². The van der Waals surface area contributed by atoms with E-state index in [-0.39, 0.29) is 0 Å². The quantitative estimate of drug-likeness (QED) is 0.515. The third kappa shape index (κ3) is 6.47. The van der Waals surface area contributed by atoms with Crippen LogP contribution in [0.25, 0.3) is 11.4 Å². The van der Waals surface area contributed by atoms with Crippen LogP contribution in [0.2, 0.25) is 0 Å². The van der Waals surface area contributed by atoms with E-state index < -0.39 is 0 Å². The molecule has 0 aliphatic rings. The molecular formula is C19H24N6. The minimum absolute atomic E-state index is 0.922. The summed E-state index contributed by atoms with van der Waals surface area (Å²) in [6.45, 7) is 6.00. The Hall–Kier alpha value is -3.15. The van der Waals surface area contributed by atoms with Gasteiger partial charge in [0.15, 0.2) is 0 Å². The van der Waals surface area contributed by atoms with Crippen molar-refractivity contribution in [1.29, 1.82) is 0 Å². The van der Waals surface area contributed by atoms with E-state index in [1.54, 1.807) is 18.6 Å².